The van der Waals surface area contributed by atoms with E-state index in [1.165, 1.54) is 12.1 Å². The molecule has 1 aliphatic heterocycles. The van der Waals surface area contributed by atoms with Gasteiger partial charge in [-0.15, -0.1) is 0 Å². The highest BCUT2D eigenvalue weighted by molar-refractivity contribution is 5.83. The lowest BCUT2D eigenvalue weighted by Gasteiger charge is -2.23. The molecular weight excluding hydrogens is 307 g/mol. The molecule has 1 fully saturated rings. The van der Waals surface area contributed by atoms with Crippen molar-refractivity contribution in [3.05, 3.63) is 65.5 Å². The van der Waals surface area contributed by atoms with E-state index in [-0.39, 0.29) is 23.8 Å². The van der Waals surface area contributed by atoms with Crippen molar-refractivity contribution in [3.8, 4) is 5.75 Å². The first-order valence-electron chi connectivity index (χ1n) is 7.99. The van der Waals surface area contributed by atoms with E-state index < -0.39 is 0 Å². The molecule has 4 nitrogen and oxygen atoms in total. The average Bonchev–Trinajstić information content (AvgIpc) is 2.93. The van der Waals surface area contributed by atoms with Crippen molar-refractivity contribution in [1.82, 2.24) is 10.2 Å². The number of methoxy groups -OCH3 is 1. The van der Waals surface area contributed by atoms with Crippen molar-refractivity contribution in [2.45, 2.75) is 18.5 Å². The van der Waals surface area contributed by atoms with Crippen molar-refractivity contribution in [3.63, 3.8) is 0 Å². The normalized spacial score (nSPS) is 18.7. The van der Waals surface area contributed by atoms with Crippen LogP contribution in [-0.4, -0.2) is 37.6 Å². The number of carbonyl (C=O) groups is 1. The summed E-state index contributed by atoms with van der Waals surface area (Å²) in [5.74, 6) is 0.591. The zero-order chi connectivity index (χ0) is 17.1. The summed E-state index contributed by atoms with van der Waals surface area (Å²) in [5.41, 5.74) is 1.92. The predicted molar refractivity (Wildman–Crippen MR) is 90.4 cm³/mol. The summed E-state index contributed by atoms with van der Waals surface area (Å²) in [6.45, 7) is 0.745. The van der Waals surface area contributed by atoms with Gasteiger partial charge in [-0.25, -0.2) is 4.39 Å². The Hall–Kier alpha value is -2.40. The van der Waals surface area contributed by atoms with Gasteiger partial charge in [-0.05, 0) is 41.8 Å². The zero-order valence-electron chi connectivity index (χ0n) is 13.8. The monoisotopic (exact) mass is 328 g/mol. The van der Waals surface area contributed by atoms with Crippen molar-refractivity contribution in [2.24, 2.45) is 0 Å². The fourth-order valence-electron chi connectivity index (χ4n) is 3.01. The molecule has 24 heavy (non-hydrogen) atoms. The number of benzene rings is 2. The number of hydrogen-bond donors (Lipinski definition) is 1. The van der Waals surface area contributed by atoms with Crippen LogP contribution < -0.4 is 10.1 Å². The standard InChI is InChI=1S/C19H21FN2O2/c1-22-12-11-17(19(22)23)21-18(13-3-7-15(20)8-4-13)14-5-9-16(24-2)10-6-14/h3-10,17-18,21H,11-12H2,1-2H3/t17-,18+/m1/s1. The number of nitrogens with zero attached hydrogens (tertiary/aromatic N) is 1. The third-order valence-electron chi connectivity index (χ3n) is 4.45. The Bertz CT molecular complexity index is 700. The highest BCUT2D eigenvalue weighted by atomic mass is 19.1. The molecule has 0 aromatic heterocycles. The first kappa shape index (κ1) is 16.5. The summed E-state index contributed by atoms with van der Waals surface area (Å²) in [6.07, 6.45) is 0.767. The van der Waals surface area contributed by atoms with Crippen LogP contribution in [0.2, 0.25) is 0 Å². The quantitative estimate of drug-likeness (QED) is 0.918. The smallest absolute Gasteiger partial charge is 0.239 e. The Morgan fingerprint density at radius 3 is 2.21 bits per heavy atom. The van der Waals surface area contributed by atoms with Crippen LogP contribution >= 0.6 is 0 Å². The Balaban J connectivity index is 1.90. The SMILES string of the molecule is COc1ccc([C@@H](N[C@@H]2CCN(C)C2=O)c2ccc(F)cc2)cc1. The Morgan fingerprint density at radius 2 is 1.71 bits per heavy atom. The number of halogens is 1. The van der Waals surface area contributed by atoms with Crippen LogP contribution in [0, 0.1) is 5.82 Å². The third kappa shape index (κ3) is 3.41. The van der Waals surface area contributed by atoms with Gasteiger partial charge in [0.05, 0.1) is 19.2 Å². The maximum absolute atomic E-state index is 13.3. The highest BCUT2D eigenvalue weighted by Gasteiger charge is 2.31. The Labute approximate surface area is 141 Å². The van der Waals surface area contributed by atoms with Gasteiger partial charge in [0.25, 0.3) is 0 Å². The first-order valence-corrected chi connectivity index (χ1v) is 7.99. The zero-order valence-corrected chi connectivity index (χ0v) is 13.8. The molecule has 0 spiro atoms. The molecule has 5 heteroatoms. The minimum Gasteiger partial charge on any atom is -0.497 e. The number of likely N-dealkylation sites (tertiary alicyclic amines) is 1. The van der Waals surface area contributed by atoms with Crippen LogP contribution in [-0.2, 0) is 4.79 Å². The maximum atomic E-state index is 13.3. The fraction of sp³-hybridized carbons (Fsp3) is 0.316. The van der Waals surface area contributed by atoms with Gasteiger partial charge in [-0.1, -0.05) is 24.3 Å². The van der Waals surface area contributed by atoms with E-state index in [0.29, 0.717) is 0 Å². The molecule has 126 valence electrons. The largest absolute Gasteiger partial charge is 0.497 e. The summed E-state index contributed by atoms with van der Waals surface area (Å²) in [7, 11) is 3.43. The molecule has 0 bridgehead atoms. The van der Waals surface area contributed by atoms with Gasteiger partial charge < -0.3 is 9.64 Å². The predicted octanol–water partition coefficient (Wildman–Crippen LogP) is 2.74. The van der Waals surface area contributed by atoms with Crippen LogP contribution in [0.3, 0.4) is 0 Å². The van der Waals surface area contributed by atoms with Gasteiger partial charge >= 0.3 is 0 Å². The van der Waals surface area contributed by atoms with Gasteiger partial charge in [-0.2, -0.15) is 0 Å². The molecule has 0 radical (unpaired) electrons. The van der Waals surface area contributed by atoms with Crippen molar-refractivity contribution in [2.75, 3.05) is 20.7 Å². The minimum atomic E-state index is -0.274. The lowest BCUT2D eigenvalue weighted by Crippen LogP contribution is -2.39. The Kier molecular flexibility index (Phi) is 4.81. The van der Waals surface area contributed by atoms with Crippen LogP contribution in [0.25, 0.3) is 0 Å². The summed E-state index contributed by atoms with van der Waals surface area (Å²) < 4.78 is 18.5. The molecule has 1 amide bonds. The van der Waals surface area contributed by atoms with Crippen LogP contribution in [0.1, 0.15) is 23.6 Å². The van der Waals surface area contributed by atoms with Crippen LogP contribution in [0.4, 0.5) is 4.39 Å². The van der Waals surface area contributed by atoms with Crippen molar-refractivity contribution < 1.29 is 13.9 Å². The van der Waals surface area contributed by atoms with E-state index in [1.54, 1.807) is 24.1 Å². The van der Waals surface area contributed by atoms with E-state index >= 15 is 0 Å². The summed E-state index contributed by atoms with van der Waals surface area (Å²) in [4.78, 5) is 14.0. The van der Waals surface area contributed by atoms with Gasteiger partial charge in [0.1, 0.15) is 11.6 Å². The molecule has 2 aromatic rings. The lowest BCUT2D eigenvalue weighted by molar-refractivity contribution is -0.128. The maximum Gasteiger partial charge on any atom is 0.239 e. The molecule has 1 heterocycles. The molecule has 2 atom stereocenters. The Morgan fingerprint density at radius 1 is 1.12 bits per heavy atom. The number of hydrogen-bond acceptors (Lipinski definition) is 3. The second-order valence-electron chi connectivity index (χ2n) is 6.03. The molecular formula is C19H21FN2O2. The van der Waals surface area contributed by atoms with Crippen molar-refractivity contribution in [1.29, 1.82) is 0 Å². The van der Waals surface area contributed by atoms with E-state index in [0.717, 1.165) is 29.8 Å². The molecule has 1 aliphatic rings. The van der Waals surface area contributed by atoms with Gasteiger partial charge in [0.15, 0.2) is 0 Å². The summed E-state index contributed by atoms with van der Waals surface area (Å²) >= 11 is 0. The van der Waals surface area contributed by atoms with E-state index in [4.69, 9.17) is 4.74 Å². The number of amides is 1. The minimum absolute atomic E-state index is 0.0932. The molecule has 1 saturated heterocycles. The summed E-state index contributed by atoms with van der Waals surface area (Å²) in [6, 6.07) is 13.7. The van der Waals surface area contributed by atoms with Gasteiger partial charge in [0, 0.05) is 13.6 Å². The number of carbonyl (C=O) groups excluding carboxylic acids is 1. The van der Waals surface area contributed by atoms with Gasteiger partial charge in [-0.3, -0.25) is 10.1 Å². The molecule has 2 aromatic carbocycles. The molecule has 1 N–H and O–H groups in total. The van der Waals surface area contributed by atoms with E-state index in [2.05, 4.69) is 5.32 Å². The van der Waals surface area contributed by atoms with Crippen LogP contribution in [0.15, 0.2) is 48.5 Å². The van der Waals surface area contributed by atoms with Crippen LogP contribution in [0.5, 0.6) is 5.75 Å². The molecule has 0 saturated carbocycles. The number of rotatable bonds is 5. The number of likely N-dealkylation sites (N-methyl/N-ethyl adjacent to an activating group) is 1. The lowest BCUT2D eigenvalue weighted by atomic mass is 9.97. The first-order chi connectivity index (χ1) is 11.6. The van der Waals surface area contributed by atoms with Crippen molar-refractivity contribution >= 4 is 5.91 Å². The average molecular weight is 328 g/mol. The van der Waals surface area contributed by atoms with E-state index in [1.807, 2.05) is 31.3 Å². The molecule has 0 aliphatic carbocycles. The summed E-state index contributed by atoms with van der Waals surface area (Å²) in [5, 5.41) is 3.43. The van der Waals surface area contributed by atoms with E-state index in [9.17, 15) is 9.18 Å². The third-order valence-corrected chi connectivity index (χ3v) is 4.45. The fourth-order valence-corrected chi connectivity index (χ4v) is 3.01. The second-order valence-corrected chi connectivity index (χ2v) is 6.03. The second kappa shape index (κ2) is 7.01. The molecule has 0 unspecified atom stereocenters. The number of ether oxygens (including phenoxy) is 1. The van der Waals surface area contributed by atoms with Gasteiger partial charge in [0.2, 0.25) is 5.91 Å². The topological polar surface area (TPSA) is 41.6 Å². The highest BCUT2D eigenvalue weighted by Crippen LogP contribution is 2.26. The number of nitrogens with one attached hydrogen (secondary N) is 1. The molecule has 3 rings (SSSR count).